The van der Waals surface area contributed by atoms with Gasteiger partial charge in [0.25, 0.3) is 0 Å². The highest BCUT2D eigenvalue weighted by molar-refractivity contribution is 6.02. The van der Waals surface area contributed by atoms with Crippen molar-refractivity contribution < 1.29 is 0 Å². The highest BCUT2D eigenvalue weighted by atomic mass is 15.3. The van der Waals surface area contributed by atoms with Gasteiger partial charge in [0.15, 0.2) is 0 Å². The van der Waals surface area contributed by atoms with E-state index in [1.807, 2.05) is 18.2 Å². The minimum atomic E-state index is 0.844. The smallest absolute Gasteiger partial charge is 0.0720 e. The second-order valence-electron chi connectivity index (χ2n) is 6.56. The van der Waals surface area contributed by atoms with Crippen LogP contribution in [0.4, 0.5) is 5.69 Å². The standard InChI is InChI=1S/C22H25N3/c1-17-9-7-8-12-21(17)23-24-22(19-10-5-4-6-11-19)16-18-13-14-20(15-18)25(2)3/h4-12,14-15,23H,13,16H2,1-3H3. The molecule has 1 N–H and O–H groups in total. The van der Waals surface area contributed by atoms with Gasteiger partial charge in [-0.2, -0.15) is 5.10 Å². The molecule has 25 heavy (non-hydrogen) atoms. The van der Waals surface area contributed by atoms with Crippen LogP contribution in [0.15, 0.2) is 83.1 Å². The summed E-state index contributed by atoms with van der Waals surface area (Å²) in [6.07, 6.45) is 6.37. The van der Waals surface area contributed by atoms with E-state index in [-0.39, 0.29) is 0 Å². The Bertz CT molecular complexity index is 814. The number of likely N-dealkylation sites (N-methyl/N-ethyl adjacent to an activating group) is 1. The number of para-hydroxylation sites is 1. The summed E-state index contributed by atoms with van der Waals surface area (Å²) < 4.78 is 0. The van der Waals surface area contributed by atoms with Crippen molar-refractivity contribution in [1.29, 1.82) is 0 Å². The van der Waals surface area contributed by atoms with Gasteiger partial charge in [0, 0.05) is 26.2 Å². The highest BCUT2D eigenvalue weighted by Gasteiger charge is 2.12. The van der Waals surface area contributed by atoms with Crippen molar-refractivity contribution >= 4 is 11.4 Å². The normalized spacial score (nSPS) is 14.1. The number of aryl methyl sites for hydroxylation is 1. The second kappa shape index (κ2) is 7.84. The van der Waals surface area contributed by atoms with Crippen LogP contribution < -0.4 is 5.43 Å². The summed E-state index contributed by atoms with van der Waals surface area (Å²) in [7, 11) is 4.16. The Hall–Kier alpha value is -2.81. The van der Waals surface area contributed by atoms with E-state index in [4.69, 9.17) is 5.10 Å². The Morgan fingerprint density at radius 3 is 2.44 bits per heavy atom. The van der Waals surface area contributed by atoms with E-state index in [0.717, 1.165) is 29.8 Å². The molecule has 3 rings (SSSR count). The average Bonchev–Trinajstić information content (AvgIpc) is 3.09. The molecule has 0 heterocycles. The first kappa shape index (κ1) is 17.0. The molecule has 1 aliphatic carbocycles. The number of anilines is 1. The van der Waals surface area contributed by atoms with Gasteiger partial charge >= 0.3 is 0 Å². The maximum Gasteiger partial charge on any atom is 0.0720 e. The van der Waals surface area contributed by atoms with Crippen molar-refractivity contribution in [1.82, 2.24) is 4.90 Å². The molecule has 0 spiro atoms. The van der Waals surface area contributed by atoms with Crippen molar-refractivity contribution in [2.45, 2.75) is 19.8 Å². The molecule has 2 aromatic rings. The first-order chi connectivity index (χ1) is 12.1. The number of nitrogens with one attached hydrogen (secondary N) is 1. The molecular formula is C22H25N3. The van der Waals surface area contributed by atoms with Crippen LogP contribution in [0.2, 0.25) is 0 Å². The van der Waals surface area contributed by atoms with Gasteiger partial charge in [0.2, 0.25) is 0 Å². The first-order valence-electron chi connectivity index (χ1n) is 8.64. The van der Waals surface area contributed by atoms with Gasteiger partial charge < -0.3 is 4.90 Å². The lowest BCUT2D eigenvalue weighted by Crippen LogP contribution is -2.08. The van der Waals surface area contributed by atoms with Crippen LogP contribution in [0.3, 0.4) is 0 Å². The van der Waals surface area contributed by atoms with Gasteiger partial charge in [-0.05, 0) is 36.6 Å². The zero-order valence-electron chi connectivity index (χ0n) is 15.2. The van der Waals surface area contributed by atoms with Gasteiger partial charge in [-0.15, -0.1) is 0 Å². The molecule has 0 unspecified atom stereocenters. The number of hydrazone groups is 1. The van der Waals surface area contributed by atoms with Crippen molar-refractivity contribution in [3.63, 3.8) is 0 Å². The molecule has 0 saturated heterocycles. The Morgan fingerprint density at radius 2 is 1.76 bits per heavy atom. The van der Waals surface area contributed by atoms with Crippen LogP contribution in [0.5, 0.6) is 0 Å². The fraction of sp³-hybridized carbons (Fsp3) is 0.227. The molecule has 2 aromatic carbocycles. The molecule has 1 aliphatic rings. The Morgan fingerprint density at radius 1 is 1.04 bits per heavy atom. The quantitative estimate of drug-likeness (QED) is 0.597. The van der Waals surface area contributed by atoms with E-state index in [9.17, 15) is 0 Å². The predicted molar refractivity (Wildman–Crippen MR) is 107 cm³/mol. The van der Waals surface area contributed by atoms with Crippen molar-refractivity contribution in [2.75, 3.05) is 19.5 Å². The van der Waals surface area contributed by atoms with Crippen LogP contribution in [-0.4, -0.2) is 24.7 Å². The fourth-order valence-electron chi connectivity index (χ4n) is 2.88. The van der Waals surface area contributed by atoms with E-state index in [2.05, 4.69) is 79.9 Å². The fourth-order valence-corrected chi connectivity index (χ4v) is 2.88. The van der Waals surface area contributed by atoms with E-state index in [1.165, 1.54) is 16.8 Å². The van der Waals surface area contributed by atoms with Gasteiger partial charge in [0.05, 0.1) is 11.4 Å². The molecule has 3 heteroatoms. The van der Waals surface area contributed by atoms with Crippen LogP contribution in [0, 0.1) is 6.92 Å². The van der Waals surface area contributed by atoms with Crippen molar-refractivity contribution in [3.05, 3.63) is 89.1 Å². The van der Waals surface area contributed by atoms with Crippen LogP contribution in [0.1, 0.15) is 24.0 Å². The third kappa shape index (κ3) is 4.38. The summed E-state index contributed by atoms with van der Waals surface area (Å²) in [6, 6.07) is 18.6. The Labute approximate surface area is 150 Å². The van der Waals surface area contributed by atoms with E-state index >= 15 is 0 Å². The van der Waals surface area contributed by atoms with Gasteiger partial charge in [-0.25, -0.2) is 0 Å². The highest BCUT2D eigenvalue weighted by Crippen LogP contribution is 2.24. The molecule has 0 bridgehead atoms. The molecule has 3 nitrogen and oxygen atoms in total. The van der Waals surface area contributed by atoms with Crippen LogP contribution in [-0.2, 0) is 0 Å². The zero-order chi connectivity index (χ0) is 17.6. The number of benzene rings is 2. The third-order valence-corrected chi connectivity index (χ3v) is 4.40. The zero-order valence-corrected chi connectivity index (χ0v) is 15.2. The van der Waals surface area contributed by atoms with E-state index in [0.29, 0.717) is 0 Å². The predicted octanol–water partition coefficient (Wildman–Crippen LogP) is 4.98. The average molecular weight is 331 g/mol. The maximum atomic E-state index is 4.75. The summed E-state index contributed by atoms with van der Waals surface area (Å²) in [4.78, 5) is 2.15. The lowest BCUT2D eigenvalue weighted by Gasteiger charge is -2.12. The number of hydrogen-bond donors (Lipinski definition) is 1. The molecule has 0 aliphatic heterocycles. The van der Waals surface area contributed by atoms with Crippen molar-refractivity contribution in [3.8, 4) is 0 Å². The number of allylic oxidation sites excluding steroid dienone is 3. The third-order valence-electron chi connectivity index (χ3n) is 4.40. The van der Waals surface area contributed by atoms with E-state index < -0.39 is 0 Å². The summed E-state index contributed by atoms with van der Waals surface area (Å²) in [6.45, 7) is 2.09. The van der Waals surface area contributed by atoms with Gasteiger partial charge in [-0.1, -0.05) is 60.2 Å². The molecule has 0 aromatic heterocycles. The minimum Gasteiger partial charge on any atom is -0.378 e. The molecule has 0 fully saturated rings. The molecule has 0 amide bonds. The Balaban J connectivity index is 1.83. The lowest BCUT2D eigenvalue weighted by atomic mass is 10.0. The minimum absolute atomic E-state index is 0.844. The van der Waals surface area contributed by atoms with Crippen LogP contribution in [0.25, 0.3) is 0 Å². The SMILES string of the molecule is Cc1ccccc1NN=C(CC1=CC(N(C)C)=CC1)c1ccccc1. The second-order valence-corrected chi connectivity index (χ2v) is 6.56. The molecular weight excluding hydrogens is 306 g/mol. The van der Waals surface area contributed by atoms with Gasteiger partial charge in [-0.3, -0.25) is 5.43 Å². The Kier molecular flexibility index (Phi) is 5.34. The summed E-state index contributed by atoms with van der Waals surface area (Å²) in [5.74, 6) is 0. The van der Waals surface area contributed by atoms with E-state index in [1.54, 1.807) is 0 Å². The number of hydrogen-bond acceptors (Lipinski definition) is 3. The molecule has 128 valence electrons. The molecule has 0 saturated carbocycles. The largest absolute Gasteiger partial charge is 0.378 e. The topological polar surface area (TPSA) is 27.6 Å². The summed E-state index contributed by atoms with van der Waals surface area (Å²) in [5, 5.41) is 4.75. The maximum absolute atomic E-state index is 4.75. The monoisotopic (exact) mass is 331 g/mol. The lowest BCUT2D eigenvalue weighted by molar-refractivity contribution is 0.531. The summed E-state index contributed by atoms with van der Waals surface area (Å²) in [5.41, 5.74) is 10.4. The molecule has 0 atom stereocenters. The number of nitrogens with zero attached hydrogens (tertiary/aromatic N) is 2. The van der Waals surface area contributed by atoms with Crippen LogP contribution >= 0.6 is 0 Å². The summed E-state index contributed by atoms with van der Waals surface area (Å²) >= 11 is 0. The first-order valence-corrected chi connectivity index (χ1v) is 8.64. The number of rotatable bonds is 6. The van der Waals surface area contributed by atoms with Gasteiger partial charge in [0.1, 0.15) is 0 Å². The van der Waals surface area contributed by atoms with Crippen molar-refractivity contribution in [2.24, 2.45) is 5.10 Å². The molecule has 0 radical (unpaired) electrons.